The monoisotopic (exact) mass is 322 g/mol. The zero-order valence-corrected chi connectivity index (χ0v) is 14.6. The van der Waals surface area contributed by atoms with E-state index in [9.17, 15) is 9.90 Å². The van der Waals surface area contributed by atoms with Crippen LogP contribution < -0.4 is 0 Å². The van der Waals surface area contributed by atoms with Gasteiger partial charge >= 0.3 is 5.97 Å². The van der Waals surface area contributed by atoms with Gasteiger partial charge in [-0.3, -0.25) is 4.79 Å². The van der Waals surface area contributed by atoms with Crippen LogP contribution in [0.5, 0.6) is 0 Å². The van der Waals surface area contributed by atoms with Crippen molar-refractivity contribution in [3.05, 3.63) is 24.3 Å². The summed E-state index contributed by atoms with van der Waals surface area (Å²) in [7, 11) is 0. The first-order valence-corrected chi connectivity index (χ1v) is 9.36. The Balaban J connectivity index is 2.24. The summed E-state index contributed by atoms with van der Waals surface area (Å²) in [5, 5.41) is 18.6. The lowest BCUT2D eigenvalue weighted by Crippen LogP contribution is -2.07. The second-order valence-electron chi connectivity index (χ2n) is 6.80. The van der Waals surface area contributed by atoms with Gasteiger partial charge in [0.2, 0.25) is 0 Å². The van der Waals surface area contributed by atoms with E-state index in [1.807, 2.05) is 6.08 Å². The first-order chi connectivity index (χ1) is 11.1. The van der Waals surface area contributed by atoms with E-state index in [2.05, 4.69) is 25.2 Å². The molecule has 0 aromatic heterocycles. The van der Waals surface area contributed by atoms with E-state index >= 15 is 0 Å². The molecule has 0 bridgehead atoms. The number of aliphatic hydroxyl groups is 1. The molecule has 0 spiro atoms. The van der Waals surface area contributed by atoms with E-state index in [0.29, 0.717) is 11.8 Å². The smallest absolute Gasteiger partial charge is 0.303 e. The minimum atomic E-state index is -0.711. The number of hydrogen-bond acceptors (Lipinski definition) is 2. The average molecular weight is 322 g/mol. The number of allylic oxidation sites excluding steroid dienone is 3. The van der Waals surface area contributed by atoms with Crippen molar-refractivity contribution in [2.24, 2.45) is 11.8 Å². The van der Waals surface area contributed by atoms with E-state index in [1.165, 1.54) is 32.1 Å². The molecule has 23 heavy (non-hydrogen) atoms. The van der Waals surface area contributed by atoms with Gasteiger partial charge in [-0.1, -0.05) is 56.9 Å². The summed E-state index contributed by atoms with van der Waals surface area (Å²) in [4.78, 5) is 10.4. The molecule has 0 heterocycles. The van der Waals surface area contributed by atoms with Crippen LogP contribution in [-0.2, 0) is 4.79 Å². The number of carbonyl (C=O) groups is 1. The van der Waals surface area contributed by atoms with Crippen LogP contribution in [0.4, 0.5) is 0 Å². The van der Waals surface area contributed by atoms with Gasteiger partial charge in [-0.15, -0.1) is 0 Å². The van der Waals surface area contributed by atoms with Gasteiger partial charge in [0.1, 0.15) is 0 Å². The van der Waals surface area contributed by atoms with Crippen molar-refractivity contribution in [3.63, 3.8) is 0 Å². The number of carboxylic acid groups (broad SMARTS) is 1. The summed E-state index contributed by atoms with van der Waals surface area (Å²) < 4.78 is 0. The van der Waals surface area contributed by atoms with Crippen LogP contribution in [-0.4, -0.2) is 22.3 Å². The normalized spacial score (nSPS) is 23.0. The summed E-state index contributed by atoms with van der Waals surface area (Å²) in [5.41, 5.74) is 0. The molecule has 2 unspecified atom stereocenters. The third kappa shape index (κ3) is 9.60. The van der Waals surface area contributed by atoms with E-state index in [0.717, 1.165) is 32.1 Å². The number of unbranched alkanes of at least 4 members (excludes halogenated alkanes) is 3. The molecule has 132 valence electrons. The highest BCUT2D eigenvalue weighted by molar-refractivity contribution is 5.66. The first-order valence-electron chi connectivity index (χ1n) is 9.36. The van der Waals surface area contributed by atoms with Gasteiger partial charge in [0.05, 0.1) is 6.10 Å². The third-order valence-corrected chi connectivity index (χ3v) is 4.77. The quantitative estimate of drug-likeness (QED) is 0.388. The molecule has 1 fully saturated rings. The van der Waals surface area contributed by atoms with Crippen molar-refractivity contribution in [2.75, 3.05) is 0 Å². The molecule has 0 aromatic rings. The predicted molar refractivity (Wildman–Crippen MR) is 95.4 cm³/mol. The summed E-state index contributed by atoms with van der Waals surface area (Å²) in [6.45, 7) is 2.18. The fourth-order valence-corrected chi connectivity index (χ4v) is 3.34. The van der Waals surface area contributed by atoms with Crippen molar-refractivity contribution in [2.45, 2.75) is 83.7 Å². The Labute approximate surface area is 141 Å². The lowest BCUT2D eigenvalue weighted by Gasteiger charge is -2.15. The Morgan fingerprint density at radius 3 is 2.78 bits per heavy atom. The standard InChI is InChI=1S/C20H34O3/c1-2-3-6-13-19(21)16-15-18-12-9-11-17(18)10-7-4-5-8-14-20(22)23/h4,7,15-19,21H,2-3,5-6,8-14H2,1H3,(H,22,23)/b7-4-,16-15+/t17?,18?,19-/m0/s1. The molecule has 1 aliphatic carbocycles. The lowest BCUT2D eigenvalue weighted by atomic mass is 9.91. The SMILES string of the molecule is CCCCC[C@H](O)/C=C/C1CCCC1C/C=C\CCCC(=O)O. The Hall–Kier alpha value is -1.09. The van der Waals surface area contributed by atoms with Crippen LogP contribution in [0.25, 0.3) is 0 Å². The van der Waals surface area contributed by atoms with Gasteiger partial charge in [0.25, 0.3) is 0 Å². The minimum absolute atomic E-state index is 0.259. The fourth-order valence-electron chi connectivity index (χ4n) is 3.34. The molecular weight excluding hydrogens is 288 g/mol. The lowest BCUT2D eigenvalue weighted by molar-refractivity contribution is -0.137. The second-order valence-corrected chi connectivity index (χ2v) is 6.80. The van der Waals surface area contributed by atoms with E-state index in [4.69, 9.17) is 5.11 Å². The van der Waals surface area contributed by atoms with Crippen LogP contribution in [0.15, 0.2) is 24.3 Å². The van der Waals surface area contributed by atoms with Crippen LogP contribution in [0, 0.1) is 11.8 Å². The van der Waals surface area contributed by atoms with Crippen LogP contribution in [0.2, 0.25) is 0 Å². The highest BCUT2D eigenvalue weighted by Gasteiger charge is 2.23. The van der Waals surface area contributed by atoms with Gasteiger partial charge in [-0.05, 0) is 50.4 Å². The third-order valence-electron chi connectivity index (χ3n) is 4.77. The van der Waals surface area contributed by atoms with Gasteiger partial charge < -0.3 is 10.2 Å². The minimum Gasteiger partial charge on any atom is -0.481 e. The number of rotatable bonds is 12. The van der Waals surface area contributed by atoms with Crippen molar-refractivity contribution in [1.82, 2.24) is 0 Å². The fraction of sp³-hybridized carbons (Fsp3) is 0.750. The zero-order chi connectivity index (χ0) is 16.9. The Bertz CT molecular complexity index is 373. The molecule has 3 heteroatoms. The van der Waals surface area contributed by atoms with Gasteiger partial charge in [0.15, 0.2) is 0 Å². The van der Waals surface area contributed by atoms with Crippen LogP contribution in [0.3, 0.4) is 0 Å². The average Bonchev–Trinajstić information content (AvgIpc) is 2.96. The topological polar surface area (TPSA) is 57.5 Å². The first kappa shape index (κ1) is 20.0. The molecule has 0 radical (unpaired) electrons. The molecule has 1 rings (SSSR count). The second kappa shape index (κ2) is 12.3. The number of hydrogen-bond donors (Lipinski definition) is 2. The van der Waals surface area contributed by atoms with Gasteiger partial charge in [-0.25, -0.2) is 0 Å². The molecule has 2 N–H and O–H groups in total. The van der Waals surface area contributed by atoms with Crippen molar-refractivity contribution in [3.8, 4) is 0 Å². The Kier molecular flexibility index (Phi) is 10.7. The van der Waals surface area contributed by atoms with Gasteiger partial charge in [-0.2, -0.15) is 0 Å². The maximum absolute atomic E-state index is 10.4. The zero-order valence-electron chi connectivity index (χ0n) is 14.6. The molecule has 3 atom stereocenters. The summed E-state index contributed by atoms with van der Waals surface area (Å²) >= 11 is 0. The van der Waals surface area contributed by atoms with Crippen LogP contribution in [0.1, 0.15) is 77.6 Å². The molecule has 0 amide bonds. The van der Waals surface area contributed by atoms with E-state index in [1.54, 1.807) is 0 Å². The largest absolute Gasteiger partial charge is 0.481 e. The Morgan fingerprint density at radius 2 is 2.04 bits per heavy atom. The van der Waals surface area contributed by atoms with Crippen LogP contribution >= 0.6 is 0 Å². The number of carboxylic acids is 1. The highest BCUT2D eigenvalue weighted by Crippen LogP contribution is 2.35. The van der Waals surface area contributed by atoms with E-state index < -0.39 is 5.97 Å². The van der Waals surface area contributed by atoms with Crippen molar-refractivity contribution < 1.29 is 15.0 Å². The molecule has 1 aliphatic rings. The molecule has 0 aliphatic heterocycles. The highest BCUT2D eigenvalue weighted by atomic mass is 16.4. The maximum atomic E-state index is 10.4. The summed E-state index contributed by atoms with van der Waals surface area (Å²) in [5.74, 6) is 0.571. The summed E-state index contributed by atoms with van der Waals surface area (Å²) in [6, 6.07) is 0. The van der Waals surface area contributed by atoms with Crippen molar-refractivity contribution in [1.29, 1.82) is 0 Å². The van der Waals surface area contributed by atoms with Crippen molar-refractivity contribution >= 4 is 5.97 Å². The molecular formula is C20H34O3. The Morgan fingerprint density at radius 1 is 1.22 bits per heavy atom. The predicted octanol–water partition coefficient (Wildman–Crippen LogP) is 5.10. The van der Waals surface area contributed by atoms with Gasteiger partial charge in [0, 0.05) is 6.42 Å². The van der Waals surface area contributed by atoms with E-state index in [-0.39, 0.29) is 12.5 Å². The summed E-state index contributed by atoms with van der Waals surface area (Å²) in [6.07, 6.45) is 19.4. The molecule has 0 saturated heterocycles. The maximum Gasteiger partial charge on any atom is 0.303 e. The number of aliphatic carboxylic acids is 1. The molecule has 1 saturated carbocycles. The molecule has 0 aromatic carbocycles. The number of aliphatic hydroxyl groups excluding tert-OH is 1. The molecule has 3 nitrogen and oxygen atoms in total.